The first-order chi connectivity index (χ1) is 13.0. The van der Waals surface area contributed by atoms with Gasteiger partial charge in [0, 0.05) is 43.4 Å². The number of hydrogen-bond donors (Lipinski definition) is 1. The van der Waals surface area contributed by atoms with Crippen LogP contribution in [0.15, 0.2) is 61.2 Å². The van der Waals surface area contributed by atoms with E-state index in [1.54, 1.807) is 57.0 Å². The van der Waals surface area contributed by atoms with E-state index in [1.165, 1.54) is 12.0 Å². The Kier molecular flexibility index (Phi) is 5.21. The van der Waals surface area contributed by atoms with Crippen LogP contribution in [0.3, 0.4) is 0 Å². The van der Waals surface area contributed by atoms with E-state index >= 15 is 0 Å². The van der Waals surface area contributed by atoms with Crippen LogP contribution in [0.1, 0.15) is 20.7 Å². The smallest absolute Gasteiger partial charge is 0.257 e. The van der Waals surface area contributed by atoms with E-state index in [4.69, 9.17) is 4.74 Å². The highest BCUT2D eigenvalue weighted by Crippen LogP contribution is 2.24. The maximum atomic E-state index is 12.5. The Balaban J connectivity index is 1.79. The number of amides is 2. The normalized spacial score (nSPS) is 10.3. The van der Waals surface area contributed by atoms with Crippen molar-refractivity contribution < 1.29 is 14.3 Å². The molecule has 2 aromatic carbocycles. The lowest BCUT2D eigenvalue weighted by Gasteiger charge is -2.15. The molecule has 0 saturated heterocycles. The Hall–Kier alpha value is -3.61. The molecule has 0 unspecified atom stereocenters. The summed E-state index contributed by atoms with van der Waals surface area (Å²) in [7, 11) is 4.82. The lowest BCUT2D eigenvalue weighted by molar-refractivity contribution is 0.0824. The number of nitrogens with zero attached hydrogens (tertiary/aromatic N) is 3. The Morgan fingerprint density at radius 2 is 1.85 bits per heavy atom. The molecule has 0 saturated carbocycles. The SMILES string of the molecule is COc1ccc(NC(=O)c2ccc(-n3ccnc3)cc2)cc1C(=O)N(C)C. The number of hydrogen-bond acceptors (Lipinski definition) is 4. The van der Waals surface area contributed by atoms with Crippen molar-refractivity contribution in [1.29, 1.82) is 0 Å². The lowest BCUT2D eigenvalue weighted by Crippen LogP contribution is -2.22. The molecule has 3 aromatic rings. The molecule has 1 N–H and O–H groups in total. The largest absolute Gasteiger partial charge is 0.496 e. The summed E-state index contributed by atoms with van der Waals surface area (Å²) in [6.07, 6.45) is 5.21. The second-order valence-corrected chi connectivity index (χ2v) is 6.09. The molecule has 0 spiro atoms. The summed E-state index contributed by atoms with van der Waals surface area (Å²) >= 11 is 0. The van der Waals surface area contributed by atoms with Gasteiger partial charge in [-0.25, -0.2) is 4.98 Å². The van der Waals surface area contributed by atoms with Crippen molar-refractivity contribution in [3.8, 4) is 11.4 Å². The van der Waals surface area contributed by atoms with E-state index < -0.39 is 0 Å². The fraction of sp³-hybridized carbons (Fsp3) is 0.150. The number of benzene rings is 2. The Morgan fingerprint density at radius 3 is 2.44 bits per heavy atom. The van der Waals surface area contributed by atoms with Crippen LogP contribution in [0.25, 0.3) is 5.69 Å². The van der Waals surface area contributed by atoms with Crippen molar-refractivity contribution in [2.75, 3.05) is 26.5 Å². The maximum absolute atomic E-state index is 12.5. The molecule has 0 bridgehead atoms. The molecule has 7 heteroatoms. The van der Waals surface area contributed by atoms with Crippen LogP contribution in [-0.2, 0) is 0 Å². The fourth-order valence-electron chi connectivity index (χ4n) is 2.59. The van der Waals surface area contributed by atoms with Crippen molar-refractivity contribution in [2.45, 2.75) is 0 Å². The van der Waals surface area contributed by atoms with Crippen LogP contribution >= 0.6 is 0 Å². The molecule has 1 aromatic heterocycles. The van der Waals surface area contributed by atoms with E-state index in [-0.39, 0.29) is 11.8 Å². The van der Waals surface area contributed by atoms with Crippen molar-refractivity contribution in [3.63, 3.8) is 0 Å². The number of imidazole rings is 1. The number of rotatable bonds is 5. The summed E-state index contributed by atoms with van der Waals surface area (Å²) < 4.78 is 7.09. The van der Waals surface area contributed by atoms with Crippen LogP contribution in [0.2, 0.25) is 0 Å². The highest BCUT2D eigenvalue weighted by atomic mass is 16.5. The number of carbonyl (C=O) groups excluding carboxylic acids is 2. The van der Waals surface area contributed by atoms with E-state index in [1.807, 2.05) is 22.9 Å². The van der Waals surface area contributed by atoms with Gasteiger partial charge >= 0.3 is 0 Å². The minimum absolute atomic E-state index is 0.201. The van der Waals surface area contributed by atoms with Gasteiger partial charge in [-0.3, -0.25) is 9.59 Å². The maximum Gasteiger partial charge on any atom is 0.257 e. The van der Waals surface area contributed by atoms with E-state index in [0.29, 0.717) is 22.6 Å². The second kappa shape index (κ2) is 7.74. The zero-order valence-corrected chi connectivity index (χ0v) is 15.3. The van der Waals surface area contributed by atoms with Gasteiger partial charge in [0.2, 0.25) is 0 Å². The summed E-state index contributed by atoms with van der Waals surface area (Å²) in [6.45, 7) is 0. The average Bonchev–Trinajstić information content (AvgIpc) is 3.22. The van der Waals surface area contributed by atoms with Gasteiger partial charge in [-0.2, -0.15) is 0 Å². The van der Waals surface area contributed by atoms with Gasteiger partial charge < -0.3 is 19.5 Å². The molecular formula is C20H20N4O3. The molecule has 0 fully saturated rings. The topological polar surface area (TPSA) is 76.5 Å². The summed E-state index contributed by atoms with van der Waals surface area (Å²) in [5, 5.41) is 2.81. The zero-order chi connectivity index (χ0) is 19.4. The molecule has 0 atom stereocenters. The molecule has 0 radical (unpaired) electrons. The first-order valence-corrected chi connectivity index (χ1v) is 8.29. The van der Waals surface area contributed by atoms with Gasteiger partial charge in [0.15, 0.2) is 0 Å². The van der Waals surface area contributed by atoms with Crippen LogP contribution < -0.4 is 10.1 Å². The number of anilines is 1. The fourth-order valence-corrected chi connectivity index (χ4v) is 2.59. The van der Waals surface area contributed by atoms with Gasteiger partial charge in [0.25, 0.3) is 11.8 Å². The summed E-state index contributed by atoms with van der Waals surface area (Å²) in [5.74, 6) is -0.00961. The van der Waals surface area contributed by atoms with Crippen LogP contribution in [-0.4, -0.2) is 47.5 Å². The minimum atomic E-state index is -0.263. The van der Waals surface area contributed by atoms with Crippen molar-refractivity contribution in [2.24, 2.45) is 0 Å². The molecule has 0 aliphatic rings. The predicted octanol–water partition coefficient (Wildman–Crippen LogP) is 2.84. The van der Waals surface area contributed by atoms with E-state index in [9.17, 15) is 9.59 Å². The third-order valence-electron chi connectivity index (χ3n) is 4.03. The standard InChI is InChI=1S/C20H20N4O3/c1-23(2)20(26)17-12-15(6-9-18(17)27-3)22-19(25)14-4-7-16(8-5-14)24-11-10-21-13-24/h4-13H,1-3H3,(H,22,25). The molecule has 7 nitrogen and oxygen atoms in total. The molecule has 0 aliphatic carbocycles. The lowest BCUT2D eigenvalue weighted by atomic mass is 10.1. The number of aromatic nitrogens is 2. The van der Waals surface area contributed by atoms with Crippen molar-refractivity contribution in [3.05, 3.63) is 72.3 Å². The van der Waals surface area contributed by atoms with Crippen LogP contribution in [0.5, 0.6) is 5.75 Å². The molecule has 0 aliphatic heterocycles. The highest BCUT2D eigenvalue weighted by Gasteiger charge is 2.16. The van der Waals surface area contributed by atoms with Gasteiger partial charge in [-0.15, -0.1) is 0 Å². The summed E-state index contributed by atoms with van der Waals surface area (Å²) in [4.78, 5) is 30.3. The Labute approximate surface area is 157 Å². The molecule has 27 heavy (non-hydrogen) atoms. The zero-order valence-electron chi connectivity index (χ0n) is 15.3. The van der Waals surface area contributed by atoms with Crippen molar-refractivity contribution in [1.82, 2.24) is 14.5 Å². The third kappa shape index (κ3) is 3.98. The van der Waals surface area contributed by atoms with Crippen LogP contribution in [0.4, 0.5) is 5.69 Å². The van der Waals surface area contributed by atoms with E-state index in [0.717, 1.165) is 5.69 Å². The Morgan fingerprint density at radius 1 is 1.11 bits per heavy atom. The summed E-state index contributed by atoms with van der Waals surface area (Å²) in [6, 6.07) is 12.1. The third-order valence-corrected chi connectivity index (χ3v) is 4.03. The molecule has 1 heterocycles. The van der Waals surface area contributed by atoms with Crippen molar-refractivity contribution >= 4 is 17.5 Å². The highest BCUT2D eigenvalue weighted by molar-refractivity contribution is 6.05. The monoisotopic (exact) mass is 364 g/mol. The quantitative estimate of drug-likeness (QED) is 0.755. The number of methoxy groups -OCH3 is 1. The molecule has 3 rings (SSSR count). The predicted molar refractivity (Wildman–Crippen MR) is 103 cm³/mol. The first kappa shape index (κ1) is 18.2. The van der Waals surface area contributed by atoms with Gasteiger partial charge in [-0.1, -0.05) is 0 Å². The van der Waals surface area contributed by atoms with E-state index in [2.05, 4.69) is 10.3 Å². The van der Waals surface area contributed by atoms with Gasteiger partial charge in [0.05, 0.1) is 19.0 Å². The Bertz CT molecular complexity index is 948. The number of nitrogens with one attached hydrogen (secondary N) is 1. The number of ether oxygens (including phenoxy) is 1. The average molecular weight is 364 g/mol. The minimum Gasteiger partial charge on any atom is -0.496 e. The molecular weight excluding hydrogens is 344 g/mol. The van der Waals surface area contributed by atoms with Gasteiger partial charge in [0.1, 0.15) is 5.75 Å². The van der Waals surface area contributed by atoms with Gasteiger partial charge in [-0.05, 0) is 42.5 Å². The molecule has 2 amide bonds. The number of carbonyl (C=O) groups is 2. The summed E-state index contributed by atoms with van der Waals surface area (Å²) in [5.41, 5.74) is 2.32. The first-order valence-electron chi connectivity index (χ1n) is 8.29. The molecule has 138 valence electrons. The second-order valence-electron chi connectivity index (χ2n) is 6.09. The van der Waals surface area contributed by atoms with Crippen LogP contribution in [0, 0.1) is 0 Å².